The average Bonchev–Trinajstić information content (AvgIpc) is 2.14. The Labute approximate surface area is 77.8 Å². The lowest BCUT2D eigenvalue weighted by Gasteiger charge is -2.24. The fourth-order valence-corrected chi connectivity index (χ4v) is 2.02. The van der Waals surface area contributed by atoms with Crippen LogP contribution in [-0.2, 0) is 0 Å². The highest BCUT2D eigenvalue weighted by Gasteiger charge is 2.22. The first-order valence-corrected chi connectivity index (χ1v) is 4.49. The fourth-order valence-electron chi connectivity index (χ4n) is 2.02. The first kappa shape index (κ1) is 6.90. The van der Waals surface area contributed by atoms with E-state index in [4.69, 9.17) is 0 Å². The Morgan fingerprint density at radius 1 is 1.00 bits per heavy atom. The molecule has 61 valence electrons. The van der Waals surface area contributed by atoms with Crippen molar-refractivity contribution in [2.45, 2.75) is 6.92 Å². The van der Waals surface area contributed by atoms with Gasteiger partial charge in [0.2, 0.25) is 0 Å². The van der Waals surface area contributed by atoms with Crippen LogP contribution in [0.4, 0.5) is 0 Å². The largest absolute Gasteiger partial charge is 0.0616 e. The third kappa shape index (κ3) is 0.752. The Balaban J connectivity index is 2.35. The predicted octanol–water partition coefficient (Wildman–Crippen LogP) is 3.44. The highest BCUT2D eigenvalue weighted by Crippen LogP contribution is 2.47. The number of hydrogen-bond acceptors (Lipinski definition) is 0. The van der Waals surface area contributed by atoms with Gasteiger partial charge < -0.3 is 0 Å². The zero-order chi connectivity index (χ0) is 8.84. The standard InChI is InChI=1S/C13H9/c1-9-5-4-8-12-10-6-2-3-7-11(10)13(9)12/h2-7H,1H3. The van der Waals surface area contributed by atoms with Crippen LogP contribution in [0.15, 0.2) is 36.4 Å². The van der Waals surface area contributed by atoms with Crippen LogP contribution in [0.3, 0.4) is 0 Å². The second-order valence-electron chi connectivity index (χ2n) is 3.46. The zero-order valence-electron chi connectivity index (χ0n) is 7.46. The number of fused-ring (bicyclic) bond motifs is 4. The molecule has 0 heterocycles. The van der Waals surface area contributed by atoms with E-state index in [1.165, 1.54) is 27.8 Å². The van der Waals surface area contributed by atoms with Crippen molar-refractivity contribution in [2.24, 2.45) is 0 Å². The second-order valence-corrected chi connectivity index (χ2v) is 3.46. The molecule has 0 bridgehead atoms. The summed E-state index contributed by atoms with van der Waals surface area (Å²) in [6.45, 7) is 2.16. The van der Waals surface area contributed by atoms with E-state index in [0.29, 0.717) is 0 Å². The molecule has 13 heavy (non-hydrogen) atoms. The van der Waals surface area contributed by atoms with Gasteiger partial charge in [-0.15, -0.1) is 0 Å². The summed E-state index contributed by atoms with van der Waals surface area (Å²) in [4.78, 5) is 0. The Hall–Kier alpha value is -1.56. The maximum Gasteiger partial charge on any atom is -0.00175 e. The van der Waals surface area contributed by atoms with Crippen LogP contribution in [0.1, 0.15) is 5.56 Å². The lowest BCUT2D eigenvalue weighted by molar-refractivity contribution is 1.41. The van der Waals surface area contributed by atoms with Gasteiger partial charge in [-0.1, -0.05) is 36.4 Å². The minimum absolute atomic E-state index is 1.29. The molecule has 0 nitrogen and oxygen atoms in total. The molecule has 0 fully saturated rings. The number of hydrogen-bond donors (Lipinski definition) is 0. The molecule has 0 N–H and O–H groups in total. The molecule has 0 amide bonds. The summed E-state index contributed by atoms with van der Waals surface area (Å²) in [6.07, 6.45) is 0. The SMILES string of the molecule is Cc1cc[c]c2c1-c1ccccc1-2. The topological polar surface area (TPSA) is 0 Å². The summed E-state index contributed by atoms with van der Waals surface area (Å²) in [5.41, 5.74) is 6.76. The van der Waals surface area contributed by atoms with E-state index in [1.807, 2.05) is 6.07 Å². The van der Waals surface area contributed by atoms with Gasteiger partial charge in [-0.25, -0.2) is 0 Å². The molecule has 0 aliphatic heterocycles. The van der Waals surface area contributed by atoms with Crippen molar-refractivity contribution >= 4 is 0 Å². The molecule has 0 saturated heterocycles. The molecule has 0 aromatic heterocycles. The molecular weight excluding hydrogens is 156 g/mol. The smallest absolute Gasteiger partial charge is 0.00175 e. The van der Waals surface area contributed by atoms with E-state index in [0.717, 1.165) is 0 Å². The van der Waals surface area contributed by atoms with E-state index >= 15 is 0 Å². The first-order valence-electron chi connectivity index (χ1n) is 4.49. The third-order valence-electron chi connectivity index (χ3n) is 2.67. The molecule has 2 aromatic rings. The lowest BCUT2D eigenvalue weighted by Crippen LogP contribution is -2.00. The molecule has 0 heteroatoms. The van der Waals surface area contributed by atoms with Crippen molar-refractivity contribution in [1.29, 1.82) is 0 Å². The van der Waals surface area contributed by atoms with Gasteiger partial charge in [-0.3, -0.25) is 0 Å². The molecule has 2 aromatic carbocycles. The van der Waals surface area contributed by atoms with Gasteiger partial charge in [0.15, 0.2) is 0 Å². The Bertz CT molecular complexity index is 481. The summed E-state index contributed by atoms with van der Waals surface area (Å²) in [6, 6.07) is 15.9. The van der Waals surface area contributed by atoms with E-state index in [1.54, 1.807) is 0 Å². The minimum Gasteiger partial charge on any atom is -0.0616 e. The Kier molecular flexibility index (Phi) is 1.18. The monoisotopic (exact) mass is 165 g/mol. The molecule has 3 rings (SSSR count). The van der Waals surface area contributed by atoms with Gasteiger partial charge in [0.25, 0.3) is 0 Å². The predicted molar refractivity (Wildman–Crippen MR) is 54.4 cm³/mol. The van der Waals surface area contributed by atoms with Gasteiger partial charge in [0.05, 0.1) is 0 Å². The second kappa shape index (κ2) is 2.23. The summed E-state index contributed by atoms with van der Waals surface area (Å²) >= 11 is 0. The average molecular weight is 165 g/mol. The number of rotatable bonds is 0. The third-order valence-corrected chi connectivity index (χ3v) is 2.67. The summed E-state index contributed by atoms with van der Waals surface area (Å²) in [5, 5.41) is 0. The number of benzene rings is 2. The highest BCUT2D eigenvalue weighted by atomic mass is 14.2. The molecule has 1 radical (unpaired) electrons. The molecule has 0 saturated carbocycles. The van der Waals surface area contributed by atoms with Gasteiger partial charge >= 0.3 is 0 Å². The molecule has 0 atom stereocenters. The van der Waals surface area contributed by atoms with Crippen LogP contribution in [-0.4, -0.2) is 0 Å². The van der Waals surface area contributed by atoms with E-state index < -0.39 is 0 Å². The molecule has 1 aliphatic carbocycles. The quantitative estimate of drug-likeness (QED) is 0.478. The minimum atomic E-state index is 1.29. The van der Waals surface area contributed by atoms with Crippen LogP contribution in [0.5, 0.6) is 0 Å². The molecule has 1 aliphatic rings. The van der Waals surface area contributed by atoms with Gasteiger partial charge in [-0.2, -0.15) is 0 Å². The molecule has 0 spiro atoms. The zero-order valence-corrected chi connectivity index (χ0v) is 7.46. The van der Waals surface area contributed by atoms with Crippen LogP contribution >= 0.6 is 0 Å². The van der Waals surface area contributed by atoms with Crippen LogP contribution in [0.25, 0.3) is 22.3 Å². The van der Waals surface area contributed by atoms with Crippen LogP contribution in [0.2, 0.25) is 0 Å². The normalized spacial score (nSPS) is 11.5. The fraction of sp³-hybridized carbons (Fsp3) is 0.0769. The van der Waals surface area contributed by atoms with Crippen molar-refractivity contribution in [3.8, 4) is 22.3 Å². The van der Waals surface area contributed by atoms with Crippen molar-refractivity contribution in [3.63, 3.8) is 0 Å². The summed E-state index contributed by atoms with van der Waals surface area (Å²) in [7, 11) is 0. The first-order chi connectivity index (χ1) is 6.38. The van der Waals surface area contributed by atoms with Crippen molar-refractivity contribution < 1.29 is 0 Å². The van der Waals surface area contributed by atoms with E-state index in [2.05, 4.69) is 43.3 Å². The van der Waals surface area contributed by atoms with Gasteiger partial charge in [-0.05, 0) is 40.8 Å². The van der Waals surface area contributed by atoms with Crippen molar-refractivity contribution in [3.05, 3.63) is 48.0 Å². The maximum atomic E-state index is 3.28. The van der Waals surface area contributed by atoms with Crippen LogP contribution in [0, 0.1) is 13.0 Å². The maximum absolute atomic E-state index is 3.28. The van der Waals surface area contributed by atoms with Gasteiger partial charge in [0, 0.05) is 0 Å². The van der Waals surface area contributed by atoms with E-state index in [-0.39, 0.29) is 0 Å². The van der Waals surface area contributed by atoms with Gasteiger partial charge in [0.1, 0.15) is 0 Å². The Morgan fingerprint density at radius 2 is 1.77 bits per heavy atom. The molecular formula is C13H9. The number of aryl methyl sites for hydroxylation is 1. The Morgan fingerprint density at radius 3 is 2.62 bits per heavy atom. The lowest BCUT2D eigenvalue weighted by atomic mass is 9.78. The van der Waals surface area contributed by atoms with Crippen LogP contribution < -0.4 is 0 Å². The summed E-state index contributed by atoms with van der Waals surface area (Å²) in [5.74, 6) is 0. The van der Waals surface area contributed by atoms with Crippen molar-refractivity contribution in [2.75, 3.05) is 0 Å². The van der Waals surface area contributed by atoms with E-state index in [9.17, 15) is 0 Å². The highest BCUT2D eigenvalue weighted by molar-refractivity contribution is 6.03. The molecule has 0 unspecified atom stereocenters. The van der Waals surface area contributed by atoms with Crippen molar-refractivity contribution in [1.82, 2.24) is 0 Å². The summed E-state index contributed by atoms with van der Waals surface area (Å²) < 4.78 is 0.